The number of ether oxygens (including phenoxy) is 1. The second-order valence-corrected chi connectivity index (χ2v) is 8.22. The molecule has 0 aromatic carbocycles. The third-order valence-corrected chi connectivity index (χ3v) is 5.17. The van der Waals surface area contributed by atoms with Gasteiger partial charge in [0.25, 0.3) is 0 Å². The molecule has 0 atom stereocenters. The molecule has 0 aliphatic carbocycles. The minimum Gasteiger partial charge on any atom is -0.450 e. The Bertz CT molecular complexity index is 615. The number of piperazine rings is 1. The van der Waals surface area contributed by atoms with Gasteiger partial charge in [-0.05, 0) is 6.92 Å². The van der Waals surface area contributed by atoms with Crippen molar-refractivity contribution < 1.29 is 9.53 Å². The minimum absolute atomic E-state index is 0.0941. The number of nitrogens with one attached hydrogen (secondary N) is 1. The standard InChI is InChI=1S/C18H31N5O2S/c1-6-25-17(24)23-11-9-22(10-12-23)16(19-5)20-8-7-15-21-14(13-26-15)18(2,3)4/h13H,6-12H2,1-5H3,(H,19,20). The van der Waals surface area contributed by atoms with Gasteiger partial charge in [-0.3, -0.25) is 4.99 Å². The molecule has 0 radical (unpaired) electrons. The van der Waals surface area contributed by atoms with Crippen molar-refractivity contribution in [1.82, 2.24) is 20.1 Å². The van der Waals surface area contributed by atoms with E-state index in [2.05, 4.69) is 41.4 Å². The first-order chi connectivity index (χ1) is 12.3. The van der Waals surface area contributed by atoms with Crippen molar-refractivity contribution in [3.05, 3.63) is 16.1 Å². The Morgan fingerprint density at radius 2 is 1.96 bits per heavy atom. The van der Waals surface area contributed by atoms with E-state index in [-0.39, 0.29) is 11.5 Å². The smallest absolute Gasteiger partial charge is 0.409 e. The van der Waals surface area contributed by atoms with Gasteiger partial charge in [0.1, 0.15) is 0 Å². The van der Waals surface area contributed by atoms with Gasteiger partial charge >= 0.3 is 6.09 Å². The fraction of sp³-hybridized carbons (Fsp3) is 0.722. The van der Waals surface area contributed by atoms with Crippen LogP contribution in [0.1, 0.15) is 38.4 Å². The summed E-state index contributed by atoms with van der Waals surface area (Å²) in [6, 6.07) is 0. The molecule has 0 saturated carbocycles. The van der Waals surface area contributed by atoms with Crippen molar-refractivity contribution in [3.8, 4) is 0 Å². The maximum absolute atomic E-state index is 11.8. The summed E-state index contributed by atoms with van der Waals surface area (Å²) in [5.74, 6) is 0.876. The fourth-order valence-electron chi connectivity index (χ4n) is 2.70. The maximum Gasteiger partial charge on any atom is 0.409 e. The molecule has 7 nitrogen and oxygen atoms in total. The molecular formula is C18H31N5O2S. The molecular weight excluding hydrogens is 350 g/mol. The molecule has 146 valence electrons. The summed E-state index contributed by atoms with van der Waals surface area (Å²) in [6.07, 6.45) is 0.649. The van der Waals surface area contributed by atoms with Gasteiger partial charge < -0.3 is 19.9 Å². The zero-order chi connectivity index (χ0) is 19.2. The van der Waals surface area contributed by atoms with Crippen molar-refractivity contribution >= 4 is 23.4 Å². The summed E-state index contributed by atoms with van der Waals surface area (Å²) in [7, 11) is 1.79. The van der Waals surface area contributed by atoms with Crippen LogP contribution in [-0.4, -0.2) is 73.2 Å². The summed E-state index contributed by atoms with van der Waals surface area (Å²) >= 11 is 1.72. The van der Waals surface area contributed by atoms with E-state index in [1.54, 1.807) is 23.3 Å². The number of carbonyl (C=O) groups excluding carboxylic acids is 1. The highest BCUT2D eigenvalue weighted by molar-refractivity contribution is 7.09. The van der Waals surface area contributed by atoms with Gasteiger partial charge in [0, 0.05) is 57.0 Å². The minimum atomic E-state index is -0.228. The molecule has 2 heterocycles. The van der Waals surface area contributed by atoms with E-state index in [9.17, 15) is 4.79 Å². The lowest BCUT2D eigenvalue weighted by molar-refractivity contribution is 0.0915. The van der Waals surface area contributed by atoms with Gasteiger partial charge in [0.15, 0.2) is 5.96 Å². The molecule has 1 aromatic rings. The molecule has 1 aliphatic rings. The topological polar surface area (TPSA) is 70.1 Å². The molecule has 1 amide bonds. The van der Waals surface area contributed by atoms with Gasteiger partial charge in [0.05, 0.1) is 17.3 Å². The molecule has 0 bridgehead atoms. The summed E-state index contributed by atoms with van der Waals surface area (Å²) in [5.41, 5.74) is 1.24. The first-order valence-corrected chi connectivity index (χ1v) is 10.0. The monoisotopic (exact) mass is 381 g/mol. The molecule has 8 heteroatoms. The van der Waals surface area contributed by atoms with Crippen LogP contribution >= 0.6 is 11.3 Å². The van der Waals surface area contributed by atoms with Crippen LogP contribution < -0.4 is 5.32 Å². The molecule has 1 N–H and O–H groups in total. The lowest BCUT2D eigenvalue weighted by Crippen LogP contribution is -2.54. The van der Waals surface area contributed by atoms with E-state index < -0.39 is 0 Å². The number of nitrogens with zero attached hydrogens (tertiary/aromatic N) is 4. The first kappa shape index (κ1) is 20.5. The molecule has 26 heavy (non-hydrogen) atoms. The highest BCUT2D eigenvalue weighted by Crippen LogP contribution is 2.23. The number of amides is 1. The largest absolute Gasteiger partial charge is 0.450 e. The van der Waals surface area contributed by atoms with Crippen LogP contribution in [0, 0.1) is 0 Å². The van der Waals surface area contributed by atoms with Gasteiger partial charge in [-0.15, -0.1) is 11.3 Å². The van der Waals surface area contributed by atoms with Crippen LogP contribution in [0.2, 0.25) is 0 Å². The highest BCUT2D eigenvalue weighted by atomic mass is 32.1. The Hall–Kier alpha value is -1.83. The average molecular weight is 382 g/mol. The Balaban J connectivity index is 1.78. The Morgan fingerprint density at radius 1 is 1.31 bits per heavy atom. The number of hydrogen-bond acceptors (Lipinski definition) is 5. The number of aliphatic imine (C=N–C) groups is 1. The van der Waals surface area contributed by atoms with E-state index in [0.29, 0.717) is 19.7 Å². The van der Waals surface area contributed by atoms with Crippen LogP contribution in [-0.2, 0) is 16.6 Å². The molecule has 2 rings (SSSR count). The van der Waals surface area contributed by atoms with Crippen molar-refractivity contribution in [2.75, 3.05) is 46.4 Å². The number of carbonyl (C=O) groups is 1. The molecule has 1 fully saturated rings. The van der Waals surface area contributed by atoms with Crippen LogP contribution in [0.5, 0.6) is 0 Å². The number of rotatable bonds is 4. The van der Waals surface area contributed by atoms with Crippen molar-refractivity contribution in [3.63, 3.8) is 0 Å². The molecule has 0 unspecified atom stereocenters. The number of thiazole rings is 1. The van der Waals surface area contributed by atoms with Gasteiger partial charge in [-0.2, -0.15) is 0 Å². The van der Waals surface area contributed by atoms with Crippen LogP contribution in [0.3, 0.4) is 0 Å². The Labute approximate surface area is 160 Å². The third-order valence-electron chi connectivity index (χ3n) is 4.26. The zero-order valence-electron chi connectivity index (χ0n) is 16.5. The lowest BCUT2D eigenvalue weighted by Gasteiger charge is -2.35. The zero-order valence-corrected chi connectivity index (χ0v) is 17.4. The fourth-order valence-corrected chi connectivity index (χ4v) is 3.72. The van der Waals surface area contributed by atoms with Crippen LogP contribution in [0.15, 0.2) is 10.4 Å². The van der Waals surface area contributed by atoms with Crippen molar-refractivity contribution in [2.45, 2.75) is 39.5 Å². The second-order valence-electron chi connectivity index (χ2n) is 7.27. The van der Waals surface area contributed by atoms with E-state index in [4.69, 9.17) is 9.72 Å². The van der Waals surface area contributed by atoms with Gasteiger partial charge in [-0.25, -0.2) is 9.78 Å². The predicted molar refractivity (Wildman–Crippen MR) is 106 cm³/mol. The van der Waals surface area contributed by atoms with Crippen LogP contribution in [0.4, 0.5) is 4.79 Å². The second kappa shape index (κ2) is 9.21. The summed E-state index contributed by atoms with van der Waals surface area (Å²) in [5, 5.41) is 6.71. The quantitative estimate of drug-likeness (QED) is 0.640. The van der Waals surface area contributed by atoms with E-state index >= 15 is 0 Å². The maximum atomic E-state index is 11.8. The van der Waals surface area contributed by atoms with Gasteiger partial charge in [-0.1, -0.05) is 20.8 Å². The van der Waals surface area contributed by atoms with Crippen molar-refractivity contribution in [2.24, 2.45) is 4.99 Å². The first-order valence-electron chi connectivity index (χ1n) is 9.17. The molecule has 0 spiro atoms. The van der Waals surface area contributed by atoms with Crippen molar-refractivity contribution in [1.29, 1.82) is 0 Å². The average Bonchev–Trinajstić information content (AvgIpc) is 3.08. The van der Waals surface area contributed by atoms with Gasteiger partial charge in [0.2, 0.25) is 0 Å². The van der Waals surface area contributed by atoms with E-state index in [1.165, 1.54) is 0 Å². The summed E-state index contributed by atoms with van der Waals surface area (Å²) < 4.78 is 5.06. The van der Waals surface area contributed by atoms with E-state index in [0.717, 1.165) is 42.7 Å². The normalized spacial score (nSPS) is 16.0. The summed E-state index contributed by atoms with van der Waals surface area (Å²) in [6.45, 7) is 12.4. The SMILES string of the molecule is CCOC(=O)N1CCN(C(=NC)NCCc2nc(C(C)(C)C)cs2)CC1. The summed E-state index contributed by atoms with van der Waals surface area (Å²) in [4.78, 5) is 24.8. The Kier molecular flexibility index (Phi) is 7.25. The molecule has 1 aromatic heterocycles. The highest BCUT2D eigenvalue weighted by Gasteiger charge is 2.23. The number of hydrogen-bond donors (Lipinski definition) is 1. The predicted octanol–water partition coefficient (Wildman–Crippen LogP) is 2.33. The molecule has 1 aliphatic heterocycles. The molecule has 1 saturated heterocycles. The van der Waals surface area contributed by atoms with Crippen LogP contribution in [0.25, 0.3) is 0 Å². The number of guanidine groups is 1. The lowest BCUT2D eigenvalue weighted by atomic mass is 9.93. The van der Waals surface area contributed by atoms with E-state index in [1.807, 2.05) is 6.92 Å². The third kappa shape index (κ3) is 5.59. The number of aromatic nitrogens is 1. The Morgan fingerprint density at radius 3 is 2.50 bits per heavy atom.